The van der Waals surface area contributed by atoms with Gasteiger partial charge in [0.15, 0.2) is 0 Å². The molecule has 1 amide bonds. The first-order chi connectivity index (χ1) is 10.8. The summed E-state index contributed by atoms with van der Waals surface area (Å²) < 4.78 is 33.5. The fourth-order valence-electron chi connectivity index (χ4n) is 2.70. The van der Waals surface area contributed by atoms with E-state index in [-0.39, 0.29) is 24.0 Å². The Morgan fingerprint density at radius 2 is 1.96 bits per heavy atom. The maximum Gasteiger partial charge on any atom is 0.227 e. The van der Waals surface area contributed by atoms with Crippen LogP contribution in [0.3, 0.4) is 0 Å². The van der Waals surface area contributed by atoms with E-state index < -0.39 is 10.0 Å². The van der Waals surface area contributed by atoms with Crippen LogP contribution in [0.15, 0.2) is 18.2 Å². The van der Waals surface area contributed by atoms with E-state index in [1.807, 2.05) is 13.8 Å². The Morgan fingerprint density at radius 1 is 1.26 bits per heavy atom. The molecular weight excluding hydrogens is 320 g/mol. The van der Waals surface area contributed by atoms with Gasteiger partial charge in [-0.05, 0) is 26.0 Å². The van der Waals surface area contributed by atoms with E-state index in [0.29, 0.717) is 36.9 Å². The van der Waals surface area contributed by atoms with Gasteiger partial charge in [-0.2, -0.15) is 0 Å². The van der Waals surface area contributed by atoms with E-state index in [4.69, 9.17) is 14.6 Å². The number of anilines is 1. The van der Waals surface area contributed by atoms with Gasteiger partial charge in [0.05, 0.1) is 24.7 Å². The molecular formula is C15H22N2O5S. The Morgan fingerprint density at radius 3 is 2.57 bits per heavy atom. The van der Waals surface area contributed by atoms with Gasteiger partial charge in [0.2, 0.25) is 15.9 Å². The maximum absolute atomic E-state index is 12.3. The molecule has 1 aromatic carbocycles. The summed E-state index contributed by atoms with van der Waals surface area (Å²) in [5.41, 5.74) is 0.597. The largest absolute Gasteiger partial charge is 0.494 e. The van der Waals surface area contributed by atoms with Crippen molar-refractivity contribution in [3.05, 3.63) is 18.2 Å². The summed E-state index contributed by atoms with van der Waals surface area (Å²) in [6, 6.07) is 5.27. The summed E-state index contributed by atoms with van der Waals surface area (Å²) in [5.74, 6) is 0.537. The van der Waals surface area contributed by atoms with Gasteiger partial charge in [-0.15, -0.1) is 0 Å². The third-order valence-electron chi connectivity index (χ3n) is 3.51. The Bertz CT molecular complexity index is 674. The maximum atomic E-state index is 12.3. The Balaban J connectivity index is 2.28. The zero-order chi connectivity index (χ0) is 17.0. The van der Waals surface area contributed by atoms with Gasteiger partial charge in [0, 0.05) is 24.9 Å². The molecule has 1 saturated heterocycles. The molecule has 7 nitrogen and oxygen atoms in total. The fraction of sp³-hybridized carbons (Fsp3) is 0.533. The van der Waals surface area contributed by atoms with Crippen molar-refractivity contribution in [3.63, 3.8) is 0 Å². The molecule has 128 valence electrons. The van der Waals surface area contributed by atoms with Crippen molar-refractivity contribution < 1.29 is 22.7 Å². The molecule has 1 unspecified atom stereocenters. The number of nitrogens with zero attached hydrogens (tertiary/aromatic N) is 1. The van der Waals surface area contributed by atoms with Crippen LogP contribution in [0, 0.1) is 5.92 Å². The predicted molar refractivity (Wildman–Crippen MR) is 87.2 cm³/mol. The number of carbonyl (C=O) groups excluding carboxylic acids is 1. The van der Waals surface area contributed by atoms with E-state index in [2.05, 4.69) is 0 Å². The molecule has 0 aliphatic carbocycles. The molecule has 23 heavy (non-hydrogen) atoms. The van der Waals surface area contributed by atoms with Crippen molar-refractivity contribution in [2.24, 2.45) is 11.1 Å². The molecule has 0 bridgehead atoms. The number of rotatable bonds is 7. The van der Waals surface area contributed by atoms with Crippen molar-refractivity contribution in [1.82, 2.24) is 0 Å². The standard InChI is InChI=1S/C15H22N2O5S/c1-3-21-12-5-6-14(22-4-2)13(8-12)17-9-11(7-15(17)18)10-23(16,19)20/h5-6,8,11H,3-4,7,9-10H2,1-2H3,(H2,16,19,20). The van der Waals surface area contributed by atoms with Gasteiger partial charge >= 0.3 is 0 Å². The van der Waals surface area contributed by atoms with Crippen LogP contribution in [0.2, 0.25) is 0 Å². The highest BCUT2D eigenvalue weighted by atomic mass is 32.2. The normalized spacial score (nSPS) is 18.3. The Hall–Kier alpha value is -1.80. The minimum Gasteiger partial charge on any atom is -0.494 e. The van der Waals surface area contributed by atoms with Crippen LogP contribution in [0.4, 0.5) is 5.69 Å². The molecule has 1 atom stereocenters. The molecule has 1 fully saturated rings. The number of hydrogen-bond donors (Lipinski definition) is 1. The topological polar surface area (TPSA) is 98.9 Å². The summed E-state index contributed by atoms with van der Waals surface area (Å²) in [5, 5.41) is 5.08. The molecule has 0 spiro atoms. The van der Waals surface area contributed by atoms with Crippen LogP contribution in [0.5, 0.6) is 11.5 Å². The van der Waals surface area contributed by atoms with E-state index in [9.17, 15) is 13.2 Å². The third-order valence-corrected chi connectivity index (χ3v) is 4.44. The lowest BCUT2D eigenvalue weighted by atomic mass is 10.1. The number of amides is 1. The Labute approximate surface area is 136 Å². The van der Waals surface area contributed by atoms with E-state index in [1.165, 1.54) is 0 Å². The minimum atomic E-state index is -3.61. The van der Waals surface area contributed by atoms with Crippen molar-refractivity contribution in [1.29, 1.82) is 0 Å². The molecule has 1 aliphatic heterocycles. The third kappa shape index (κ3) is 4.59. The number of nitrogens with two attached hydrogens (primary N) is 1. The highest BCUT2D eigenvalue weighted by Crippen LogP contribution is 2.36. The lowest BCUT2D eigenvalue weighted by molar-refractivity contribution is -0.117. The van der Waals surface area contributed by atoms with Gasteiger partial charge in [0.25, 0.3) is 0 Å². The molecule has 0 radical (unpaired) electrons. The average molecular weight is 342 g/mol. The second-order valence-corrected chi connectivity index (χ2v) is 7.06. The molecule has 1 aromatic rings. The van der Waals surface area contributed by atoms with E-state index in [0.717, 1.165) is 0 Å². The lowest BCUT2D eigenvalue weighted by Gasteiger charge is -2.21. The number of primary sulfonamides is 1. The molecule has 0 saturated carbocycles. The summed E-state index contributed by atoms with van der Waals surface area (Å²) in [4.78, 5) is 13.8. The van der Waals surface area contributed by atoms with Crippen LogP contribution in [0.1, 0.15) is 20.3 Å². The van der Waals surface area contributed by atoms with Gasteiger partial charge in [-0.3, -0.25) is 4.79 Å². The first kappa shape index (κ1) is 17.6. The van der Waals surface area contributed by atoms with Crippen LogP contribution < -0.4 is 19.5 Å². The van der Waals surface area contributed by atoms with Gasteiger partial charge in [-0.25, -0.2) is 13.6 Å². The summed E-state index contributed by atoms with van der Waals surface area (Å²) >= 11 is 0. The number of ether oxygens (including phenoxy) is 2. The average Bonchev–Trinajstić information content (AvgIpc) is 2.79. The molecule has 1 heterocycles. The Kier molecular flexibility index (Phi) is 5.48. The van der Waals surface area contributed by atoms with E-state index >= 15 is 0 Å². The van der Waals surface area contributed by atoms with Crippen molar-refractivity contribution >= 4 is 21.6 Å². The van der Waals surface area contributed by atoms with Gasteiger partial charge in [0.1, 0.15) is 11.5 Å². The molecule has 2 N–H and O–H groups in total. The molecule has 1 aliphatic rings. The van der Waals surface area contributed by atoms with Gasteiger partial charge < -0.3 is 14.4 Å². The number of carbonyl (C=O) groups is 1. The van der Waals surface area contributed by atoms with Gasteiger partial charge in [-0.1, -0.05) is 0 Å². The predicted octanol–water partition coefficient (Wildman–Crippen LogP) is 1.13. The van der Waals surface area contributed by atoms with Crippen LogP contribution in [-0.2, 0) is 14.8 Å². The zero-order valence-corrected chi connectivity index (χ0v) is 14.1. The highest BCUT2D eigenvalue weighted by Gasteiger charge is 2.34. The second-order valence-electron chi connectivity index (χ2n) is 5.40. The molecule has 0 aromatic heterocycles. The quantitative estimate of drug-likeness (QED) is 0.801. The van der Waals surface area contributed by atoms with Crippen molar-refractivity contribution in [2.75, 3.05) is 30.4 Å². The number of benzene rings is 1. The van der Waals surface area contributed by atoms with E-state index in [1.54, 1.807) is 23.1 Å². The molecule has 2 rings (SSSR count). The van der Waals surface area contributed by atoms with Crippen LogP contribution in [-0.4, -0.2) is 39.8 Å². The monoisotopic (exact) mass is 342 g/mol. The first-order valence-electron chi connectivity index (χ1n) is 7.54. The summed E-state index contributed by atoms with van der Waals surface area (Å²) in [7, 11) is -3.61. The fourth-order valence-corrected chi connectivity index (χ4v) is 3.58. The summed E-state index contributed by atoms with van der Waals surface area (Å²) in [6.45, 7) is 5.00. The highest BCUT2D eigenvalue weighted by molar-refractivity contribution is 7.89. The van der Waals surface area contributed by atoms with Crippen LogP contribution >= 0.6 is 0 Å². The van der Waals surface area contributed by atoms with Crippen LogP contribution in [0.25, 0.3) is 0 Å². The number of hydrogen-bond acceptors (Lipinski definition) is 5. The zero-order valence-electron chi connectivity index (χ0n) is 13.3. The minimum absolute atomic E-state index is 0.145. The van der Waals surface area contributed by atoms with Crippen molar-refractivity contribution in [3.8, 4) is 11.5 Å². The first-order valence-corrected chi connectivity index (χ1v) is 9.26. The van der Waals surface area contributed by atoms with Crippen molar-refractivity contribution in [2.45, 2.75) is 20.3 Å². The number of sulfonamides is 1. The smallest absolute Gasteiger partial charge is 0.227 e. The second kappa shape index (κ2) is 7.18. The summed E-state index contributed by atoms with van der Waals surface area (Å²) in [6.07, 6.45) is 0.154. The SMILES string of the molecule is CCOc1ccc(OCC)c(N2CC(CS(N)(=O)=O)CC2=O)c1. The molecule has 8 heteroatoms. The lowest BCUT2D eigenvalue weighted by Crippen LogP contribution is -2.28.